The molecule has 1 fully saturated rings. The second kappa shape index (κ2) is 6.18. The smallest absolute Gasteiger partial charge is 0.312 e. The van der Waals surface area contributed by atoms with Crippen LogP contribution in [0.5, 0.6) is 0 Å². The summed E-state index contributed by atoms with van der Waals surface area (Å²) in [7, 11) is 0. The fraction of sp³-hybridized carbons (Fsp3) is 0.375. The van der Waals surface area contributed by atoms with Gasteiger partial charge < -0.3 is 10.1 Å². The molecule has 0 amide bonds. The number of benzene rings is 1. The summed E-state index contributed by atoms with van der Waals surface area (Å²) in [4.78, 5) is 15.3. The molecule has 1 saturated heterocycles. The van der Waals surface area contributed by atoms with Gasteiger partial charge >= 0.3 is 5.69 Å². The van der Waals surface area contributed by atoms with Crippen molar-refractivity contribution in [1.29, 1.82) is 5.26 Å². The first-order chi connectivity index (χ1) is 11.1. The normalized spacial score (nSPS) is 20.9. The predicted octanol–water partition coefficient (Wildman–Crippen LogP) is 2.99. The van der Waals surface area contributed by atoms with E-state index in [4.69, 9.17) is 10.00 Å². The molecule has 0 unspecified atom stereocenters. The van der Waals surface area contributed by atoms with Gasteiger partial charge in [0.05, 0.1) is 28.2 Å². The number of anilines is 1. The zero-order chi connectivity index (χ0) is 16.4. The molecule has 1 aromatic carbocycles. The van der Waals surface area contributed by atoms with Crippen LogP contribution in [0.3, 0.4) is 0 Å². The Bertz CT molecular complexity index is 800. The maximum Gasteiger partial charge on any atom is 0.312 e. The zero-order valence-electron chi connectivity index (χ0n) is 12.7. The fourth-order valence-corrected chi connectivity index (χ4v) is 2.80. The summed E-state index contributed by atoms with van der Waals surface area (Å²) in [5.41, 5.74) is 0.997. The van der Waals surface area contributed by atoms with Gasteiger partial charge in [0.15, 0.2) is 0 Å². The Morgan fingerprint density at radius 3 is 3.00 bits per heavy atom. The second-order valence-corrected chi connectivity index (χ2v) is 5.68. The minimum Gasteiger partial charge on any atom is -0.378 e. The van der Waals surface area contributed by atoms with Crippen molar-refractivity contribution < 1.29 is 9.66 Å². The highest BCUT2D eigenvalue weighted by atomic mass is 16.6. The number of hydrogen-bond acceptors (Lipinski definition) is 6. The molecule has 7 heteroatoms. The van der Waals surface area contributed by atoms with Crippen LogP contribution in [0.4, 0.5) is 11.5 Å². The van der Waals surface area contributed by atoms with Gasteiger partial charge in [-0.1, -0.05) is 0 Å². The molecule has 1 aromatic heterocycles. The van der Waals surface area contributed by atoms with E-state index in [9.17, 15) is 10.1 Å². The molecule has 118 valence electrons. The zero-order valence-corrected chi connectivity index (χ0v) is 12.7. The van der Waals surface area contributed by atoms with Gasteiger partial charge in [0.1, 0.15) is 0 Å². The number of hydrogen-bond donors (Lipinski definition) is 1. The lowest BCUT2D eigenvalue weighted by Crippen LogP contribution is -2.33. The number of nitrogens with zero attached hydrogens (tertiary/aromatic N) is 3. The van der Waals surface area contributed by atoms with Crippen molar-refractivity contribution >= 4 is 22.4 Å². The fourth-order valence-electron chi connectivity index (χ4n) is 2.80. The van der Waals surface area contributed by atoms with Crippen LogP contribution in [-0.4, -0.2) is 28.7 Å². The molecule has 0 spiro atoms. The van der Waals surface area contributed by atoms with Crippen LogP contribution < -0.4 is 5.32 Å². The van der Waals surface area contributed by atoms with Crippen LogP contribution in [0, 0.1) is 21.4 Å². The molecule has 1 aliphatic heterocycles. The molecule has 3 rings (SSSR count). The lowest BCUT2D eigenvalue weighted by molar-refractivity contribution is -0.384. The third-order valence-corrected chi connectivity index (χ3v) is 3.95. The summed E-state index contributed by atoms with van der Waals surface area (Å²) >= 11 is 0. The topological polar surface area (TPSA) is 101 Å². The van der Waals surface area contributed by atoms with Crippen LogP contribution in [0.15, 0.2) is 24.3 Å². The quantitative estimate of drug-likeness (QED) is 0.690. The van der Waals surface area contributed by atoms with Gasteiger partial charge in [0.2, 0.25) is 5.82 Å². The van der Waals surface area contributed by atoms with Crippen LogP contribution in [-0.2, 0) is 4.74 Å². The highest BCUT2D eigenvalue weighted by Gasteiger charge is 2.24. The Hall–Kier alpha value is -2.72. The standard InChI is InChI=1S/C16H16N4O3/c1-10-6-13(4-5-23-10)18-16-15(20(21)22)8-12-7-11(9-17)2-3-14(12)19-16/h2-3,7-8,10,13H,4-6H2,1H3,(H,18,19)/t10-,13-/m1/s1. The number of nitrogens with one attached hydrogen (secondary N) is 1. The lowest BCUT2D eigenvalue weighted by atomic mass is 10.0. The minimum atomic E-state index is -0.448. The van der Waals surface area contributed by atoms with E-state index < -0.39 is 4.92 Å². The van der Waals surface area contributed by atoms with Crippen molar-refractivity contribution in [2.45, 2.75) is 31.9 Å². The average Bonchev–Trinajstić information content (AvgIpc) is 2.53. The van der Waals surface area contributed by atoms with E-state index in [-0.39, 0.29) is 23.7 Å². The van der Waals surface area contributed by atoms with E-state index in [1.807, 2.05) is 13.0 Å². The Kier molecular flexibility index (Phi) is 4.08. The number of aromatic nitrogens is 1. The van der Waals surface area contributed by atoms with Crippen LogP contribution in [0.2, 0.25) is 0 Å². The van der Waals surface area contributed by atoms with Gasteiger partial charge in [-0.15, -0.1) is 0 Å². The second-order valence-electron chi connectivity index (χ2n) is 5.68. The van der Waals surface area contributed by atoms with Gasteiger partial charge in [0, 0.05) is 24.1 Å². The molecule has 0 bridgehead atoms. The molecule has 0 aliphatic carbocycles. The van der Waals surface area contributed by atoms with Crippen molar-refractivity contribution in [3.05, 3.63) is 39.9 Å². The molecule has 0 saturated carbocycles. The van der Waals surface area contributed by atoms with Crippen molar-refractivity contribution in [2.24, 2.45) is 0 Å². The van der Waals surface area contributed by atoms with Crippen LogP contribution >= 0.6 is 0 Å². The summed E-state index contributed by atoms with van der Waals surface area (Å²) in [5, 5.41) is 24.1. The van der Waals surface area contributed by atoms with Gasteiger partial charge in [0.25, 0.3) is 0 Å². The number of ether oxygens (including phenoxy) is 1. The summed E-state index contributed by atoms with van der Waals surface area (Å²) in [6.07, 6.45) is 1.69. The van der Waals surface area contributed by atoms with Crippen molar-refractivity contribution in [3.63, 3.8) is 0 Å². The Labute approximate surface area is 133 Å². The first kappa shape index (κ1) is 15.2. The molecule has 1 N–H and O–H groups in total. The SMILES string of the molecule is C[C@@H]1C[C@H](Nc2nc3ccc(C#N)cc3cc2[N+](=O)[O-])CCO1. The maximum atomic E-state index is 11.4. The number of nitriles is 1. The van der Waals surface area contributed by atoms with E-state index in [2.05, 4.69) is 10.3 Å². The van der Waals surface area contributed by atoms with E-state index in [1.54, 1.807) is 18.2 Å². The summed E-state index contributed by atoms with van der Waals surface area (Å²) in [6, 6.07) is 8.56. The molecule has 2 atom stereocenters. The predicted molar refractivity (Wildman–Crippen MR) is 85.2 cm³/mol. The number of pyridine rings is 1. The number of nitro groups is 1. The highest BCUT2D eigenvalue weighted by Crippen LogP contribution is 2.29. The molecule has 1 aliphatic rings. The molecule has 0 radical (unpaired) electrons. The van der Waals surface area contributed by atoms with Crippen molar-refractivity contribution in [3.8, 4) is 6.07 Å². The molecular weight excluding hydrogens is 296 g/mol. The highest BCUT2D eigenvalue weighted by molar-refractivity contribution is 5.85. The third kappa shape index (κ3) is 3.22. The molecule has 7 nitrogen and oxygen atoms in total. The van der Waals surface area contributed by atoms with Crippen molar-refractivity contribution in [2.75, 3.05) is 11.9 Å². The summed E-state index contributed by atoms with van der Waals surface area (Å²) < 4.78 is 5.49. The monoisotopic (exact) mass is 312 g/mol. The van der Waals surface area contributed by atoms with Gasteiger partial charge in [-0.3, -0.25) is 10.1 Å². The average molecular weight is 312 g/mol. The largest absolute Gasteiger partial charge is 0.378 e. The maximum absolute atomic E-state index is 11.4. The molecule has 2 aromatic rings. The number of fused-ring (bicyclic) bond motifs is 1. The van der Waals surface area contributed by atoms with Gasteiger partial charge in [-0.25, -0.2) is 4.98 Å². The molecular formula is C16H16N4O3. The first-order valence-electron chi connectivity index (χ1n) is 7.44. The van der Waals surface area contributed by atoms with Crippen LogP contribution in [0.25, 0.3) is 10.9 Å². The van der Waals surface area contributed by atoms with E-state index in [0.717, 1.165) is 12.8 Å². The Morgan fingerprint density at radius 1 is 1.48 bits per heavy atom. The van der Waals surface area contributed by atoms with E-state index in [1.165, 1.54) is 6.07 Å². The van der Waals surface area contributed by atoms with Crippen molar-refractivity contribution in [1.82, 2.24) is 4.98 Å². The van der Waals surface area contributed by atoms with Crippen LogP contribution in [0.1, 0.15) is 25.3 Å². The molecule has 2 heterocycles. The minimum absolute atomic E-state index is 0.0771. The first-order valence-corrected chi connectivity index (χ1v) is 7.44. The third-order valence-electron chi connectivity index (χ3n) is 3.95. The Balaban J connectivity index is 1.99. The van der Waals surface area contributed by atoms with Gasteiger partial charge in [-0.2, -0.15) is 5.26 Å². The van der Waals surface area contributed by atoms with Gasteiger partial charge in [-0.05, 0) is 38.0 Å². The Morgan fingerprint density at radius 2 is 2.30 bits per heavy atom. The van der Waals surface area contributed by atoms with E-state index >= 15 is 0 Å². The summed E-state index contributed by atoms with van der Waals surface area (Å²) in [5.74, 6) is 0.270. The van der Waals surface area contributed by atoms with E-state index in [0.29, 0.717) is 23.1 Å². The number of rotatable bonds is 3. The summed E-state index contributed by atoms with van der Waals surface area (Å²) in [6.45, 7) is 2.62. The molecule has 23 heavy (non-hydrogen) atoms. The lowest BCUT2D eigenvalue weighted by Gasteiger charge is -2.28.